The van der Waals surface area contributed by atoms with Crippen molar-refractivity contribution in [3.8, 4) is 0 Å². The van der Waals surface area contributed by atoms with Crippen LogP contribution in [0.1, 0.15) is 193 Å². The van der Waals surface area contributed by atoms with Crippen molar-refractivity contribution in [1.29, 1.82) is 0 Å². The molecule has 44 heteroatoms. The molecule has 0 aromatic rings. The number of aliphatic carboxylic acids is 6. The molecule has 20 N–H and O–H groups in total. The van der Waals surface area contributed by atoms with E-state index >= 15 is 0 Å². The molecular weight excluding hydrogens is 1770 g/mol. The van der Waals surface area contributed by atoms with E-state index in [0.29, 0.717) is 25.7 Å². The molecule has 0 aliphatic rings. The molecule has 666 valence electrons. The first kappa shape index (κ1) is 108. The molecule has 8 atom stereocenters. The van der Waals surface area contributed by atoms with Gasteiger partial charge in [0.1, 0.15) is 56.1 Å². The summed E-state index contributed by atoms with van der Waals surface area (Å²) in [7, 11) is 0. The zero-order chi connectivity index (χ0) is 86.7. The van der Waals surface area contributed by atoms with Crippen molar-refractivity contribution in [3.05, 3.63) is 0 Å². The Morgan fingerprint density at radius 1 is 0.310 bits per heavy atom. The number of carbonyl (C=O) groups is 17. The summed E-state index contributed by atoms with van der Waals surface area (Å²) in [6.07, 6.45) is 11.8. The number of primary amides is 1. The van der Waals surface area contributed by atoms with E-state index in [1.807, 2.05) is 0 Å². The number of rotatable bonds is 77. The van der Waals surface area contributed by atoms with E-state index in [4.69, 9.17) is 39.3 Å². The van der Waals surface area contributed by atoms with Gasteiger partial charge >= 0.3 is 35.8 Å². The topological polar surface area (TPSA) is 646 Å². The molecule has 0 aliphatic heterocycles. The Morgan fingerprint density at radius 3 is 0.897 bits per heavy atom. The van der Waals surface area contributed by atoms with Crippen LogP contribution in [0.4, 0.5) is 0 Å². The lowest BCUT2D eigenvalue weighted by Gasteiger charge is -2.22. The second kappa shape index (κ2) is 70.2. The van der Waals surface area contributed by atoms with E-state index in [9.17, 15) is 112 Å². The van der Waals surface area contributed by atoms with Crippen LogP contribution in [0.5, 0.6) is 0 Å². The largest absolute Gasteiger partial charge is 0.481 e. The summed E-state index contributed by atoms with van der Waals surface area (Å²) in [5.41, 5.74) is 5.29. The van der Waals surface area contributed by atoms with E-state index in [1.165, 1.54) is 19.8 Å². The smallest absolute Gasteiger partial charge is 0.326 e. The summed E-state index contributed by atoms with van der Waals surface area (Å²) in [6.45, 7) is -0.485. The third-order valence-corrected chi connectivity index (χ3v) is 22.6. The average molecular weight is 1890 g/mol. The van der Waals surface area contributed by atoms with E-state index in [1.54, 1.807) is 0 Å². The normalized spacial score (nSPS) is 13.3. The van der Waals surface area contributed by atoms with Gasteiger partial charge in [-0.2, -0.15) is 0 Å². The highest BCUT2D eigenvalue weighted by atomic mass is 128. The highest BCUT2D eigenvalue weighted by molar-refractivity contribution is 14.8. The number of hydrogen-bond acceptors (Lipinski definition) is 25. The van der Waals surface area contributed by atoms with Crippen LogP contribution in [-0.4, -0.2) is 295 Å². The van der Waals surface area contributed by atoms with Gasteiger partial charge in [-0.05, 0) is 76.1 Å². The second-order valence-corrected chi connectivity index (χ2v) is 36.8. The van der Waals surface area contributed by atoms with Crippen LogP contribution >= 0.6 is 33.5 Å². The molecule has 0 aromatic carbocycles. The number of amides is 11. The van der Waals surface area contributed by atoms with Crippen LogP contribution < -0.4 is 62.4 Å². The monoisotopic (exact) mass is 1890 g/mol. The minimum Gasteiger partial charge on any atom is -0.481 e. The predicted octanol–water partition coefficient (Wildman–Crippen LogP) is -0.494. The Balaban J connectivity index is 4.24. The summed E-state index contributed by atoms with van der Waals surface area (Å²) in [5, 5.41) is 90.8. The van der Waals surface area contributed by atoms with Gasteiger partial charge in [-0.25, -0.2) is 27.5 Å². The summed E-state index contributed by atoms with van der Waals surface area (Å²) in [4.78, 5) is 208. The summed E-state index contributed by atoms with van der Waals surface area (Å²) >= 11 is -0.495. The molecule has 0 unspecified atom stereocenters. The second-order valence-electron chi connectivity index (χ2n) is 26.7. The van der Waals surface area contributed by atoms with Gasteiger partial charge in [0.2, 0.25) is 65.0 Å². The lowest BCUT2D eigenvalue weighted by molar-refractivity contribution is -0.143. The highest BCUT2D eigenvalue weighted by Crippen LogP contribution is 2.16. The number of nitrogens with one attached hydrogen (secondary N) is 11. The van der Waals surface area contributed by atoms with Crippen molar-refractivity contribution in [2.45, 2.75) is 242 Å². The summed E-state index contributed by atoms with van der Waals surface area (Å²) in [6, 6.07) is -8.96. The van der Waals surface area contributed by atoms with Crippen LogP contribution in [0.25, 0.3) is 0 Å². The Kier molecular flexibility index (Phi) is 65.4. The zero-order valence-electron chi connectivity index (χ0n) is 66.3. The molecule has 116 heavy (non-hydrogen) atoms. The molecule has 0 radical (unpaired) electrons. The van der Waals surface area contributed by atoms with E-state index in [0.717, 1.165) is 70.6 Å². The van der Waals surface area contributed by atoms with Crippen LogP contribution in [0, 0.1) is 0 Å². The van der Waals surface area contributed by atoms with E-state index in [-0.39, 0.29) is 173 Å². The van der Waals surface area contributed by atoms with Crippen molar-refractivity contribution in [2.75, 3.05) is 110 Å². The quantitative estimate of drug-likeness (QED) is 0.0158. The van der Waals surface area contributed by atoms with Crippen molar-refractivity contribution in [2.24, 2.45) is 5.73 Å². The SMILES string of the molecule is CI=IN[C@@H](CCCCNC(=O)CC[C@H](NC(=O)COCCOCCNC(=O)CC[C@H](NC(=O)COCCOCCNC(=O)CC[C@H](NC(=O)COCCOCCNC(=O)CC[C@H](NC(=O)CC[C@H](NC(=O)CCCCCCCCCCCCCCCCC(=O)O)C(=O)O)C(=O)O)C(=O)O)C(=O)O)C(=O)O)C(=O)N[C@H](C(N)=O)[C@@H](C)O. The Bertz CT molecular complexity index is 3020. The number of carboxylic acid groups (broad SMARTS) is 6. The third kappa shape index (κ3) is 62.4. The molecule has 0 spiro atoms. The zero-order valence-corrected chi connectivity index (χ0v) is 70.6. The molecule has 0 bridgehead atoms. The van der Waals surface area contributed by atoms with Crippen molar-refractivity contribution in [3.63, 3.8) is 0 Å². The standard InChI is InChI=1S/C72H124I2N12O30/c1-48(87)65(66(75)99)85-67(100)49(86-74-73-2)19-17-18-32-76-55(88)27-23-52(70(105)106)82-61(94)45-114-42-40-112-37-34-78-57(90)29-25-54(72(109)110)84-63(96)47-116-44-41-113-38-35-79-58(91)30-24-53(71(107)108)83-62(95)46-115-43-39-111-36-33-77-56(89)28-22-50(68(101)102)81-60(93)31-26-51(69(103)104)80-59(92)20-15-13-11-9-7-5-3-4-6-8-10-12-14-16-21-64(97)98/h48-54,65,86-87H,3-47H2,1-2H3,(H2,75,99)(H,76,88)(H,77,89)(H,78,90)(H,79,91)(H,80,92)(H,81,93)(H,82,94)(H,83,95)(H,84,96)(H,85,100)(H,97,98)(H,101,102)(H,103,104)(H,105,106)(H,107,108)(H,109,110)/t48-,49+,50+,51+,52+,53+,54+,65+/m1/s1. The van der Waals surface area contributed by atoms with Gasteiger partial charge in [-0.1, -0.05) is 93.6 Å². The van der Waals surface area contributed by atoms with Gasteiger partial charge in [-0.15, -0.1) is 0 Å². The summed E-state index contributed by atoms with van der Waals surface area (Å²) in [5.74, 6) is -14.8. The van der Waals surface area contributed by atoms with Crippen LogP contribution in [-0.2, 0) is 110 Å². The molecule has 42 nitrogen and oxygen atoms in total. The van der Waals surface area contributed by atoms with Gasteiger partial charge in [0.25, 0.3) is 0 Å². The molecule has 0 heterocycles. The number of ether oxygens (including phenoxy) is 6. The Labute approximate surface area is 690 Å². The number of hydrogen-bond donors (Lipinski definition) is 19. The number of halogens is 2. The number of carboxylic acids is 6. The number of aliphatic hydroxyl groups is 1. The summed E-state index contributed by atoms with van der Waals surface area (Å²) < 4.78 is 34.9. The molecule has 0 fully saturated rings. The van der Waals surface area contributed by atoms with Gasteiger partial charge in [0.15, 0.2) is 0 Å². The van der Waals surface area contributed by atoms with Crippen molar-refractivity contribution in [1.82, 2.24) is 56.7 Å². The molecule has 0 saturated carbocycles. The molecular formula is C72H124I2N12O30. The van der Waals surface area contributed by atoms with E-state index in [2.05, 4.69) is 61.6 Å². The third-order valence-electron chi connectivity index (χ3n) is 16.9. The number of unbranched alkanes of at least 4 members (excludes halogenated alkanes) is 14. The average Bonchev–Trinajstić information content (AvgIpc) is 0.879. The van der Waals surface area contributed by atoms with Crippen molar-refractivity contribution >= 4 is 134 Å². The first-order valence-corrected chi connectivity index (χ1v) is 48.4. The molecule has 0 rings (SSSR count). The highest BCUT2D eigenvalue weighted by Gasteiger charge is 2.30. The predicted molar refractivity (Wildman–Crippen MR) is 430 cm³/mol. The lowest BCUT2D eigenvalue weighted by Crippen LogP contribution is -2.54. The van der Waals surface area contributed by atoms with Gasteiger partial charge in [0.05, 0.1) is 71.6 Å². The minimum absolute atomic E-state index is 0.000949. The first-order chi connectivity index (χ1) is 55.4. The lowest BCUT2D eigenvalue weighted by atomic mass is 10.0. The molecule has 0 saturated heterocycles. The Hall–Kier alpha value is -7.87. The van der Waals surface area contributed by atoms with Gasteiger partial charge in [0, 0.05) is 88.0 Å². The van der Waals surface area contributed by atoms with Crippen molar-refractivity contribution < 1.29 is 146 Å². The fraction of sp³-hybridized carbons (Fsp3) is 0.764. The fourth-order valence-electron chi connectivity index (χ4n) is 10.6. The maximum Gasteiger partial charge on any atom is 0.326 e. The van der Waals surface area contributed by atoms with Crippen LogP contribution in [0.2, 0.25) is 0 Å². The number of aliphatic hydroxyl groups excluding tert-OH is 1. The van der Waals surface area contributed by atoms with Crippen LogP contribution in [0.15, 0.2) is 0 Å². The number of alkyl halides is 1. The molecule has 0 aromatic heterocycles. The minimum atomic E-state index is -1.47. The maximum absolute atomic E-state index is 12.8. The van der Waals surface area contributed by atoms with Gasteiger partial charge in [-0.3, -0.25) is 57.5 Å². The Morgan fingerprint density at radius 2 is 0.595 bits per heavy atom. The first-order valence-electron chi connectivity index (χ1n) is 38.9. The fourth-order valence-corrected chi connectivity index (χ4v) is 15.2. The molecule has 0 aliphatic carbocycles. The van der Waals surface area contributed by atoms with Gasteiger partial charge < -0.3 is 123 Å². The maximum atomic E-state index is 12.8. The van der Waals surface area contributed by atoms with E-state index < -0.39 is 192 Å². The number of nitrogens with two attached hydrogens (primary N) is 1. The molecule has 11 amide bonds. The number of carbonyl (C=O) groups excluding carboxylic acids is 11. The van der Waals surface area contributed by atoms with Crippen LogP contribution in [0.3, 0.4) is 0 Å².